The van der Waals surface area contributed by atoms with Gasteiger partial charge in [-0.2, -0.15) is 0 Å². The Balaban J connectivity index is 1.23. The normalized spacial score (nSPS) is 18.9. The molecule has 29 heavy (non-hydrogen) atoms. The van der Waals surface area contributed by atoms with Crippen molar-refractivity contribution in [2.45, 2.75) is 31.3 Å². The van der Waals surface area contributed by atoms with Gasteiger partial charge in [-0.05, 0) is 30.5 Å². The van der Waals surface area contributed by atoms with Crippen LogP contribution in [0.15, 0.2) is 66.9 Å². The zero-order chi connectivity index (χ0) is 19.6. The lowest BCUT2D eigenvalue weighted by Crippen LogP contribution is -2.45. The maximum absolute atomic E-state index is 12.9. The molecule has 0 N–H and O–H groups in total. The van der Waals surface area contributed by atoms with E-state index in [2.05, 4.69) is 4.98 Å². The number of hydrogen-bond donors (Lipinski definition) is 0. The molecule has 0 radical (unpaired) electrons. The summed E-state index contributed by atoms with van der Waals surface area (Å²) < 4.78 is 5.89. The third kappa shape index (κ3) is 3.60. The van der Waals surface area contributed by atoms with Crippen molar-refractivity contribution in [3.05, 3.63) is 78.1 Å². The third-order valence-electron chi connectivity index (χ3n) is 5.86. The van der Waals surface area contributed by atoms with Crippen molar-refractivity contribution in [2.24, 2.45) is 0 Å². The Morgan fingerprint density at radius 3 is 2.52 bits per heavy atom. The van der Waals surface area contributed by atoms with Gasteiger partial charge >= 0.3 is 0 Å². The highest BCUT2D eigenvalue weighted by Crippen LogP contribution is 2.31. The Morgan fingerprint density at radius 2 is 1.72 bits per heavy atom. The van der Waals surface area contributed by atoms with Gasteiger partial charge in [-0.3, -0.25) is 4.79 Å². The molecule has 2 aliphatic rings. The predicted molar refractivity (Wildman–Crippen MR) is 111 cm³/mol. The third-order valence-corrected chi connectivity index (χ3v) is 5.86. The van der Waals surface area contributed by atoms with Gasteiger partial charge in [0, 0.05) is 42.9 Å². The van der Waals surface area contributed by atoms with E-state index in [0.717, 1.165) is 54.3 Å². The molecule has 5 heteroatoms. The number of nitrogens with zero attached hydrogens (tertiary/aromatic N) is 3. The molecule has 0 saturated carbocycles. The van der Waals surface area contributed by atoms with Crippen LogP contribution in [-0.4, -0.2) is 40.0 Å². The van der Waals surface area contributed by atoms with Crippen LogP contribution in [0.5, 0.6) is 5.75 Å². The Kier molecular flexibility index (Phi) is 4.72. The maximum Gasteiger partial charge on any atom is 0.263 e. The molecule has 146 valence electrons. The number of ether oxygens (including phenoxy) is 1. The molecule has 3 heterocycles. The molecule has 0 aliphatic carbocycles. The Morgan fingerprint density at radius 1 is 0.966 bits per heavy atom. The first-order valence-corrected chi connectivity index (χ1v) is 10.2. The second-order valence-electron chi connectivity index (χ2n) is 7.69. The van der Waals surface area contributed by atoms with Crippen molar-refractivity contribution in [1.82, 2.24) is 14.9 Å². The summed E-state index contributed by atoms with van der Waals surface area (Å²) >= 11 is 0. The van der Waals surface area contributed by atoms with E-state index in [1.165, 1.54) is 0 Å². The summed E-state index contributed by atoms with van der Waals surface area (Å²) in [5, 5.41) is 0. The number of fused-ring (bicyclic) bond motifs is 1. The number of para-hydroxylation sites is 1. The van der Waals surface area contributed by atoms with Gasteiger partial charge < -0.3 is 9.64 Å². The van der Waals surface area contributed by atoms with Crippen molar-refractivity contribution >= 4 is 5.91 Å². The fourth-order valence-corrected chi connectivity index (χ4v) is 4.25. The predicted octanol–water partition coefficient (Wildman–Crippen LogP) is 3.85. The van der Waals surface area contributed by atoms with Crippen LogP contribution in [0.25, 0.3) is 11.4 Å². The highest BCUT2D eigenvalue weighted by atomic mass is 16.5. The van der Waals surface area contributed by atoms with Gasteiger partial charge in [-0.25, -0.2) is 9.97 Å². The summed E-state index contributed by atoms with van der Waals surface area (Å²) in [6.07, 6.45) is 3.95. The lowest BCUT2D eigenvalue weighted by molar-refractivity contribution is -0.139. The van der Waals surface area contributed by atoms with Gasteiger partial charge in [0.05, 0.1) is 0 Å². The lowest BCUT2D eigenvalue weighted by atomic mass is 9.92. The highest BCUT2D eigenvalue weighted by molar-refractivity contribution is 5.82. The molecule has 1 fully saturated rings. The molecular formula is C24H23N3O2. The Hall–Kier alpha value is -3.21. The zero-order valence-electron chi connectivity index (χ0n) is 16.2. The summed E-state index contributed by atoms with van der Waals surface area (Å²) in [6.45, 7) is 1.48. The standard InChI is InChI=1S/C24H23N3O2/c28-24(22-16-19-8-4-5-9-21(19)29-22)27-14-11-17(12-15-27)20-10-13-25-23(26-20)18-6-2-1-3-7-18/h1-10,13,17,22H,11-12,14-16H2/t22-/m1/s1. The first kappa shape index (κ1) is 17.9. The minimum absolute atomic E-state index is 0.104. The van der Waals surface area contributed by atoms with E-state index >= 15 is 0 Å². The lowest BCUT2D eigenvalue weighted by Gasteiger charge is -2.33. The molecule has 1 aromatic heterocycles. The largest absolute Gasteiger partial charge is 0.480 e. The Labute approximate surface area is 170 Å². The molecule has 0 bridgehead atoms. The van der Waals surface area contributed by atoms with Gasteiger partial charge in [-0.1, -0.05) is 48.5 Å². The number of hydrogen-bond acceptors (Lipinski definition) is 4. The molecule has 5 nitrogen and oxygen atoms in total. The topological polar surface area (TPSA) is 55.3 Å². The fourth-order valence-electron chi connectivity index (χ4n) is 4.25. The number of likely N-dealkylation sites (tertiary alicyclic amines) is 1. The van der Waals surface area contributed by atoms with Crippen LogP contribution in [0.2, 0.25) is 0 Å². The highest BCUT2D eigenvalue weighted by Gasteiger charge is 2.34. The number of carbonyl (C=O) groups excluding carboxylic acids is 1. The van der Waals surface area contributed by atoms with Crippen molar-refractivity contribution < 1.29 is 9.53 Å². The molecule has 1 amide bonds. The summed E-state index contributed by atoms with van der Waals surface area (Å²) in [5.74, 6) is 2.06. The SMILES string of the molecule is O=C([C@H]1Cc2ccccc2O1)N1CCC(c2ccnc(-c3ccccc3)n2)CC1. The minimum Gasteiger partial charge on any atom is -0.480 e. The average molecular weight is 385 g/mol. The molecular weight excluding hydrogens is 362 g/mol. The number of amides is 1. The zero-order valence-corrected chi connectivity index (χ0v) is 16.2. The summed E-state index contributed by atoms with van der Waals surface area (Å²) in [6, 6.07) is 20.0. The van der Waals surface area contributed by atoms with E-state index in [9.17, 15) is 4.79 Å². The summed E-state index contributed by atoms with van der Waals surface area (Å²) in [7, 11) is 0. The van der Waals surface area contributed by atoms with Crippen molar-refractivity contribution in [3.63, 3.8) is 0 Å². The van der Waals surface area contributed by atoms with Crippen LogP contribution in [-0.2, 0) is 11.2 Å². The molecule has 2 aromatic carbocycles. The quantitative estimate of drug-likeness (QED) is 0.687. The van der Waals surface area contributed by atoms with Crippen LogP contribution in [0.4, 0.5) is 0 Å². The molecule has 0 unspecified atom stereocenters. The number of piperidine rings is 1. The van der Waals surface area contributed by atoms with E-state index in [0.29, 0.717) is 12.3 Å². The van der Waals surface area contributed by atoms with Crippen LogP contribution < -0.4 is 4.74 Å². The average Bonchev–Trinajstić information content (AvgIpc) is 3.24. The second-order valence-corrected chi connectivity index (χ2v) is 7.69. The smallest absolute Gasteiger partial charge is 0.263 e. The van der Waals surface area contributed by atoms with Crippen LogP contribution in [0.1, 0.15) is 30.0 Å². The molecule has 2 aliphatic heterocycles. The number of benzene rings is 2. The maximum atomic E-state index is 12.9. The van der Waals surface area contributed by atoms with Gasteiger partial charge in [-0.15, -0.1) is 0 Å². The summed E-state index contributed by atoms with van der Waals surface area (Å²) in [5.41, 5.74) is 3.21. The van der Waals surface area contributed by atoms with E-state index in [1.807, 2.05) is 71.8 Å². The van der Waals surface area contributed by atoms with Gasteiger partial charge in [0.15, 0.2) is 11.9 Å². The van der Waals surface area contributed by atoms with E-state index in [-0.39, 0.29) is 12.0 Å². The molecule has 3 aromatic rings. The molecule has 1 saturated heterocycles. The van der Waals surface area contributed by atoms with Gasteiger partial charge in [0.2, 0.25) is 0 Å². The fraction of sp³-hybridized carbons (Fsp3) is 0.292. The number of aromatic nitrogens is 2. The van der Waals surface area contributed by atoms with Crippen molar-refractivity contribution in [2.75, 3.05) is 13.1 Å². The van der Waals surface area contributed by atoms with E-state index in [4.69, 9.17) is 9.72 Å². The second kappa shape index (κ2) is 7.66. The van der Waals surface area contributed by atoms with Gasteiger partial charge in [0.1, 0.15) is 5.75 Å². The molecule has 5 rings (SSSR count). The number of carbonyl (C=O) groups is 1. The first-order chi connectivity index (χ1) is 14.3. The minimum atomic E-state index is -0.382. The van der Waals surface area contributed by atoms with E-state index < -0.39 is 0 Å². The van der Waals surface area contributed by atoms with Gasteiger partial charge in [0.25, 0.3) is 5.91 Å². The number of rotatable bonds is 3. The molecule has 0 spiro atoms. The van der Waals surface area contributed by atoms with Crippen molar-refractivity contribution in [1.29, 1.82) is 0 Å². The van der Waals surface area contributed by atoms with Crippen LogP contribution >= 0.6 is 0 Å². The van der Waals surface area contributed by atoms with Crippen LogP contribution in [0.3, 0.4) is 0 Å². The first-order valence-electron chi connectivity index (χ1n) is 10.2. The molecule has 1 atom stereocenters. The summed E-state index contributed by atoms with van der Waals surface area (Å²) in [4.78, 5) is 24.1. The van der Waals surface area contributed by atoms with E-state index in [1.54, 1.807) is 0 Å². The van der Waals surface area contributed by atoms with Crippen molar-refractivity contribution in [3.8, 4) is 17.1 Å². The monoisotopic (exact) mass is 385 g/mol. The van der Waals surface area contributed by atoms with Crippen LogP contribution in [0, 0.1) is 0 Å². The Bertz CT molecular complexity index is 988.